The van der Waals surface area contributed by atoms with Gasteiger partial charge in [-0.05, 0) is 35.9 Å². The van der Waals surface area contributed by atoms with Crippen LogP contribution in [-0.2, 0) is 4.79 Å². The number of halogens is 2. The topological polar surface area (TPSA) is 70.6 Å². The average molecular weight is 346 g/mol. The largest absolute Gasteiger partial charge is 0.296 e. The second-order valence-corrected chi connectivity index (χ2v) is 5.70. The van der Waals surface area contributed by atoms with Crippen molar-refractivity contribution in [3.8, 4) is 0 Å². The van der Waals surface area contributed by atoms with E-state index in [0.717, 1.165) is 11.6 Å². The van der Waals surface area contributed by atoms with E-state index in [-0.39, 0.29) is 23.9 Å². The molecule has 122 valence electrons. The van der Waals surface area contributed by atoms with Gasteiger partial charge in [0.25, 0.3) is 5.91 Å². The van der Waals surface area contributed by atoms with Crippen LogP contribution in [0.15, 0.2) is 53.5 Å². The summed E-state index contributed by atoms with van der Waals surface area (Å²) in [6, 6.07) is 11.8. The number of hydrogen-bond acceptors (Lipinski definition) is 3. The van der Waals surface area contributed by atoms with E-state index < -0.39 is 17.8 Å². The van der Waals surface area contributed by atoms with Gasteiger partial charge in [0.2, 0.25) is 11.9 Å². The fraction of sp³-hybridized carbons (Fsp3) is 0.118. The fourth-order valence-corrected chi connectivity index (χ4v) is 2.47. The average Bonchev–Trinajstić information content (AvgIpc) is 2.55. The number of hydrogen-bond donors (Lipinski definition) is 2. The fourth-order valence-electron chi connectivity index (χ4n) is 2.34. The zero-order valence-electron chi connectivity index (χ0n) is 12.4. The van der Waals surface area contributed by atoms with Crippen LogP contribution in [0.3, 0.4) is 0 Å². The van der Waals surface area contributed by atoms with E-state index in [1.807, 2.05) is 0 Å². The van der Waals surface area contributed by atoms with Crippen LogP contribution in [0.5, 0.6) is 0 Å². The van der Waals surface area contributed by atoms with E-state index in [1.165, 1.54) is 18.2 Å². The molecule has 0 saturated carbocycles. The van der Waals surface area contributed by atoms with Gasteiger partial charge in [0, 0.05) is 10.6 Å². The molecule has 0 radical (unpaired) electrons. The van der Waals surface area contributed by atoms with Crippen molar-refractivity contribution in [2.75, 3.05) is 0 Å². The first kappa shape index (κ1) is 16.1. The van der Waals surface area contributed by atoms with Crippen molar-refractivity contribution in [2.45, 2.75) is 12.5 Å². The molecule has 0 fully saturated rings. The van der Waals surface area contributed by atoms with Gasteiger partial charge in [0.15, 0.2) is 0 Å². The van der Waals surface area contributed by atoms with Gasteiger partial charge in [-0.1, -0.05) is 29.8 Å². The quantitative estimate of drug-likeness (QED) is 0.878. The Hall–Kier alpha value is -2.73. The maximum Gasteiger partial charge on any atom is 0.258 e. The lowest BCUT2D eigenvalue weighted by molar-refractivity contribution is -0.120. The van der Waals surface area contributed by atoms with Crippen LogP contribution < -0.4 is 10.6 Å². The first-order chi connectivity index (χ1) is 11.5. The zero-order valence-corrected chi connectivity index (χ0v) is 13.2. The summed E-state index contributed by atoms with van der Waals surface area (Å²) in [6.45, 7) is 0. The molecule has 2 amide bonds. The molecule has 7 heteroatoms. The Morgan fingerprint density at radius 1 is 1.25 bits per heavy atom. The second-order valence-electron chi connectivity index (χ2n) is 5.26. The molecule has 1 atom stereocenters. The first-order valence-corrected chi connectivity index (χ1v) is 7.59. The molecular formula is C17H13ClFN3O2. The summed E-state index contributed by atoms with van der Waals surface area (Å²) in [6.07, 6.45) is 0.168. The van der Waals surface area contributed by atoms with Gasteiger partial charge >= 0.3 is 0 Å². The highest BCUT2D eigenvalue weighted by molar-refractivity contribution is 6.30. The monoisotopic (exact) mass is 345 g/mol. The van der Waals surface area contributed by atoms with Crippen LogP contribution in [-0.4, -0.2) is 17.8 Å². The molecule has 2 aromatic rings. The van der Waals surface area contributed by atoms with Crippen molar-refractivity contribution in [2.24, 2.45) is 4.99 Å². The number of amides is 2. The summed E-state index contributed by atoms with van der Waals surface area (Å²) in [5, 5.41) is 5.58. The maximum atomic E-state index is 13.2. The molecule has 1 unspecified atom stereocenters. The van der Waals surface area contributed by atoms with Gasteiger partial charge in [-0.25, -0.2) is 9.38 Å². The number of carbonyl (C=O) groups is 2. The standard InChI is InChI=1S/C17H13ClFN3O2/c18-12-6-4-10(5-7-12)14-9-15(23)21-17(20-14)22-16(24)11-2-1-3-13(19)8-11/h1-8,14H,9H2,(H2,20,21,22,23,24). The predicted molar refractivity (Wildman–Crippen MR) is 88.3 cm³/mol. The zero-order chi connectivity index (χ0) is 17.1. The van der Waals surface area contributed by atoms with E-state index in [9.17, 15) is 14.0 Å². The van der Waals surface area contributed by atoms with E-state index in [0.29, 0.717) is 5.02 Å². The first-order valence-electron chi connectivity index (χ1n) is 7.21. The summed E-state index contributed by atoms with van der Waals surface area (Å²) >= 11 is 5.85. The van der Waals surface area contributed by atoms with Crippen molar-refractivity contribution < 1.29 is 14.0 Å². The van der Waals surface area contributed by atoms with Crippen molar-refractivity contribution in [1.82, 2.24) is 10.6 Å². The smallest absolute Gasteiger partial charge is 0.258 e. The van der Waals surface area contributed by atoms with Gasteiger partial charge < -0.3 is 0 Å². The molecular weight excluding hydrogens is 333 g/mol. The Kier molecular flexibility index (Phi) is 4.57. The Morgan fingerprint density at radius 2 is 2.00 bits per heavy atom. The summed E-state index contributed by atoms with van der Waals surface area (Å²) < 4.78 is 13.2. The van der Waals surface area contributed by atoms with Gasteiger partial charge in [-0.3, -0.25) is 20.2 Å². The second kappa shape index (κ2) is 6.80. The van der Waals surface area contributed by atoms with Crippen molar-refractivity contribution in [3.05, 3.63) is 70.5 Å². The third-order valence-corrected chi connectivity index (χ3v) is 3.75. The van der Waals surface area contributed by atoms with E-state index in [4.69, 9.17) is 11.6 Å². The number of nitrogens with one attached hydrogen (secondary N) is 2. The normalized spacial score (nSPS) is 17.0. The van der Waals surface area contributed by atoms with Crippen LogP contribution in [0.4, 0.5) is 4.39 Å². The molecule has 0 spiro atoms. The van der Waals surface area contributed by atoms with Gasteiger partial charge in [-0.15, -0.1) is 0 Å². The number of benzene rings is 2. The van der Waals surface area contributed by atoms with Gasteiger partial charge in [-0.2, -0.15) is 0 Å². The molecule has 1 aliphatic rings. The summed E-state index contributed by atoms with van der Waals surface area (Å²) in [4.78, 5) is 28.3. The number of aliphatic imine (C=N–C) groups is 1. The number of guanidine groups is 1. The Morgan fingerprint density at radius 3 is 2.71 bits per heavy atom. The lowest BCUT2D eigenvalue weighted by atomic mass is 10.0. The molecule has 0 aliphatic carbocycles. The Bertz CT molecular complexity index is 821. The Balaban J connectivity index is 1.80. The van der Waals surface area contributed by atoms with Crippen LogP contribution >= 0.6 is 11.6 Å². The molecule has 1 aliphatic heterocycles. The third-order valence-electron chi connectivity index (χ3n) is 3.50. The van der Waals surface area contributed by atoms with Crippen LogP contribution in [0.2, 0.25) is 5.02 Å². The summed E-state index contributed by atoms with van der Waals surface area (Å²) in [5.74, 6) is -1.29. The van der Waals surface area contributed by atoms with E-state index >= 15 is 0 Å². The maximum absolute atomic E-state index is 13.2. The van der Waals surface area contributed by atoms with E-state index in [1.54, 1.807) is 24.3 Å². The van der Waals surface area contributed by atoms with Gasteiger partial charge in [0.05, 0.1) is 12.5 Å². The number of carbonyl (C=O) groups excluding carboxylic acids is 2. The highest BCUT2D eigenvalue weighted by atomic mass is 35.5. The van der Waals surface area contributed by atoms with Crippen molar-refractivity contribution >= 4 is 29.4 Å². The van der Waals surface area contributed by atoms with Crippen LogP contribution in [0.1, 0.15) is 28.4 Å². The molecule has 0 aromatic heterocycles. The summed E-state index contributed by atoms with van der Waals surface area (Å²) in [5.41, 5.74) is 0.951. The predicted octanol–water partition coefficient (Wildman–Crippen LogP) is 2.83. The number of nitrogens with zero attached hydrogens (tertiary/aromatic N) is 1. The minimum atomic E-state index is -0.551. The molecule has 5 nitrogen and oxygen atoms in total. The third kappa shape index (κ3) is 3.78. The number of rotatable bonds is 2. The molecule has 0 saturated heterocycles. The molecule has 2 N–H and O–H groups in total. The highest BCUT2D eigenvalue weighted by Crippen LogP contribution is 2.24. The molecule has 2 aromatic carbocycles. The minimum Gasteiger partial charge on any atom is -0.296 e. The minimum absolute atomic E-state index is 0.0421. The lowest BCUT2D eigenvalue weighted by Gasteiger charge is -2.21. The summed E-state index contributed by atoms with van der Waals surface area (Å²) in [7, 11) is 0. The van der Waals surface area contributed by atoms with Crippen molar-refractivity contribution in [1.29, 1.82) is 0 Å². The molecule has 1 heterocycles. The SMILES string of the molecule is O=C1CC(c2ccc(Cl)cc2)N=C(NC(=O)c2cccc(F)c2)N1. The molecule has 3 rings (SSSR count). The van der Waals surface area contributed by atoms with Crippen LogP contribution in [0.25, 0.3) is 0 Å². The highest BCUT2D eigenvalue weighted by Gasteiger charge is 2.23. The van der Waals surface area contributed by atoms with E-state index in [2.05, 4.69) is 15.6 Å². The van der Waals surface area contributed by atoms with Gasteiger partial charge in [0.1, 0.15) is 5.82 Å². The van der Waals surface area contributed by atoms with Crippen molar-refractivity contribution in [3.63, 3.8) is 0 Å². The molecule has 0 bridgehead atoms. The molecule has 24 heavy (non-hydrogen) atoms. The lowest BCUT2D eigenvalue weighted by Crippen LogP contribution is -2.47. The Labute approximate surface area is 142 Å². The van der Waals surface area contributed by atoms with Crippen LogP contribution in [0, 0.1) is 5.82 Å².